The van der Waals surface area contributed by atoms with Crippen molar-refractivity contribution in [3.8, 4) is 0 Å². The van der Waals surface area contributed by atoms with Crippen LogP contribution in [0.1, 0.15) is 31.9 Å². The average Bonchev–Trinajstić information content (AvgIpc) is 2.89. The second kappa shape index (κ2) is 5.89. The van der Waals surface area contributed by atoms with Gasteiger partial charge in [0.2, 0.25) is 5.82 Å². The van der Waals surface area contributed by atoms with Gasteiger partial charge in [0, 0.05) is 6.42 Å². The Kier molecular flexibility index (Phi) is 3.97. The molecule has 3 aliphatic rings. The smallest absolute Gasteiger partial charge is 0.349 e. The molecule has 1 unspecified atom stereocenters. The molecule has 4 rings (SSSR count). The zero-order valence-electron chi connectivity index (χ0n) is 12.6. The van der Waals surface area contributed by atoms with Gasteiger partial charge in [-0.05, 0) is 19.3 Å². The third kappa shape index (κ3) is 2.89. The first-order chi connectivity index (χ1) is 11.4. The third-order valence-electron chi connectivity index (χ3n) is 4.41. The molecule has 1 aromatic heterocycles. The van der Waals surface area contributed by atoms with E-state index in [1.807, 2.05) is 4.98 Å². The first-order valence-electron chi connectivity index (χ1n) is 7.71. The summed E-state index contributed by atoms with van der Waals surface area (Å²) in [6.07, 6.45) is 1.47. The van der Waals surface area contributed by atoms with Crippen molar-refractivity contribution >= 4 is 7.82 Å². The standard InChI is InChI=1S/C13H16FN2O7P/c14-8-5-16(13(18)15-12(8)17)11-4-9-10(21-11)6-20-24(19,23-9)22-7-2-1-3-7/h5,7,9-11H,1-4,6H2,(H,15,17,18)/t9-,10+,11+,24?/m0/s1. The monoisotopic (exact) mass is 362 g/mol. The second-order valence-corrected chi connectivity index (χ2v) is 7.63. The molecule has 0 aromatic carbocycles. The highest BCUT2D eigenvalue weighted by Crippen LogP contribution is 2.58. The molecular formula is C13H16FN2O7P. The molecular weight excluding hydrogens is 346 g/mol. The SMILES string of the molecule is O=c1[nH]c(=O)n([C@H]2C[C@@H]3OP(=O)(OC4CCC4)OC[C@H]3O2)cc1F. The summed E-state index contributed by atoms with van der Waals surface area (Å²) >= 11 is 0. The highest BCUT2D eigenvalue weighted by molar-refractivity contribution is 7.48. The van der Waals surface area contributed by atoms with Crippen LogP contribution in [0.2, 0.25) is 0 Å². The lowest BCUT2D eigenvalue weighted by Crippen LogP contribution is -2.35. The van der Waals surface area contributed by atoms with E-state index in [9.17, 15) is 18.5 Å². The molecule has 1 N–H and O–H groups in total. The molecule has 0 bridgehead atoms. The molecule has 3 heterocycles. The number of nitrogens with one attached hydrogen (secondary N) is 1. The summed E-state index contributed by atoms with van der Waals surface area (Å²) in [5, 5.41) is 0. The van der Waals surface area contributed by atoms with Crippen LogP contribution < -0.4 is 11.2 Å². The van der Waals surface area contributed by atoms with Gasteiger partial charge in [-0.25, -0.2) is 9.36 Å². The zero-order chi connectivity index (χ0) is 16.9. The van der Waals surface area contributed by atoms with E-state index in [0.717, 1.165) is 30.0 Å². The largest absolute Gasteiger partial charge is 0.475 e. The fourth-order valence-corrected chi connectivity index (χ4v) is 4.51. The minimum atomic E-state index is -3.65. The Morgan fingerprint density at radius 3 is 2.83 bits per heavy atom. The van der Waals surface area contributed by atoms with Crippen LogP contribution in [0.3, 0.4) is 0 Å². The van der Waals surface area contributed by atoms with E-state index in [1.165, 1.54) is 0 Å². The normalized spacial score (nSPS) is 36.3. The first-order valence-corrected chi connectivity index (χ1v) is 9.17. The number of H-pyrrole nitrogens is 1. The lowest BCUT2D eigenvalue weighted by molar-refractivity contribution is -0.0801. The van der Waals surface area contributed by atoms with Crippen molar-refractivity contribution in [3.05, 3.63) is 32.9 Å². The van der Waals surface area contributed by atoms with Gasteiger partial charge in [0.05, 0.1) is 18.9 Å². The van der Waals surface area contributed by atoms with Crippen LogP contribution >= 0.6 is 7.82 Å². The van der Waals surface area contributed by atoms with Crippen molar-refractivity contribution < 1.29 is 27.3 Å². The lowest BCUT2D eigenvalue weighted by atomic mass is 9.97. The number of hydrogen-bond acceptors (Lipinski definition) is 7. The molecule has 9 nitrogen and oxygen atoms in total. The number of nitrogens with zero attached hydrogens (tertiary/aromatic N) is 1. The molecule has 1 aliphatic carbocycles. The number of halogens is 1. The molecule has 11 heteroatoms. The van der Waals surface area contributed by atoms with Crippen LogP contribution in [0.4, 0.5) is 4.39 Å². The summed E-state index contributed by atoms with van der Waals surface area (Å²) < 4.78 is 48.5. The van der Waals surface area contributed by atoms with Crippen molar-refractivity contribution in [1.82, 2.24) is 9.55 Å². The number of ether oxygens (including phenoxy) is 1. The lowest BCUT2D eigenvalue weighted by Gasteiger charge is -2.34. The second-order valence-electron chi connectivity index (χ2n) is 6.05. The molecule has 0 radical (unpaired) electrons. The summed E-state index contributed by atoms with van der Waals surface area (Å²) in [7, 11) is -3.65. The van der Waals surface area contributed by atoms with Gasteiger partial charge in [-0.3, -0.25) is 27.9 Å². The fourth-order valence-electron chi connectivity index (χ4n) is 2.88. The summed E-state index contributed by atoms with van der Waals surface area (Å²) in [5.41, 5.74) is -1.88. The number of phosphoric ester groups is 1. The van der Waals surface area contributed by atoms with Gasteiger partial charge in [0.15, 0.2) is 0 Å². The van der Waals surface area contributed by atoms with Gasteiger partial charge >= 0.3 is 13.5 Å². The highest BCUT2D eigenvalue weighted by atomic mass is 31.2. The Labute approximate surface area is 135 Å². The van der Waals surface area contributed by atoms with Gasteiger partial charge in [-0.1, -0.05) is 0 Å². The van der Waals surface area contributed by atoms with Gasteiger partial charge in [0.25, 0.3) is 5.56 Å². The van der Waals surface area contributed by atoms with Crippen LogP contribution in [0.25, 0.3) is 0 Å². The molecule has 132 valence electrons. The third-order valence-corrected chi connectivity index (χ3v) is 5.96. The predicted octanol–water partition coefficient (Wildman–Crippen LogP) is 1.06. The molecule has 2 aliphatic heterocycles. The van der Waals surface area contributed by atoms with Crippen LogP contribution in [0, 0.1) is 5.82 Å². The minimum Gasteiger partial charge on any atom is -0.349 e. The van der Waals surface area contributed by atoms with E-state index < -0.39 is 43.3 Å². The van der Waals surface area contributed by atoms with E-state index in [2.05, 4.69) is 0 Å². The highest BCUT2D eigenvalue weighted by Gasteiger charge is 2.49. The van der Waals surface area contributed by atoms with Crippen molar-refractivity contribution in [2.24, 2.45) is 0 Å². The van der Waals surface area contributed by atoms with E-state index >= 15 is 0 Å². The minimum absolute atomic E-state index is 0.00818. The van der Waals surface area contributed by atoms with E-state index in [4.69, 9.17) is 18.3 Å². The summed E-state index contributed by atoms with van der Waals surface area (Å²) in [4.78, 5) is 24.8. The number of aromatic amines is 1. The Morgan fingerprint density at radius 2 is 2.12 bits per heavy atom. The molecule has 2 saturated heterocycles. The Hall–Kier alpha value is -1.32. The fraction of sp³-hybridized carbons (Fsp3) is 0.692. The maximum atomic E-state index is 13.4. The quantitative estimate of drug-likeness (QED) is 0.801. The maximum absolute atomic E-state index is 13.4. The van der Waals surface area contributed by atoms with Crippen LogP contribution in [0.5, 0.6) is 0 Å². The summed E-state index contributed by atoms with van der Waals surface area (Å²) in [6.45, 7) is -0.00818. The number of aromatic nitrogens is 2. The van der Waals surface area contributed by atoms with Gasteiger partial charge < -0.3 is 4.74 Å². The molecule has 1 aromatic rings. The average molecular weight is 362 g/mol. The van der Waals surface area contributed by atoms with Gasteiger partial charge in [-0.15, -0.1) is 0 Å². The van der Waals surface area contributed by atoms with Gasteiger partial charge in [0.1, 0.15) is 18.4 Å². The van der Waals surface area contributed by atoms with Gasteiger partial charge in [-0.2, -0.15) is 4.39 Å². The van der Waals surface area contributed by atoms with Crippen molar-refractivity contribution in [2.75, 3.05) is 6.61 Å². The van der Waals surface area contributed by atoms with E-state index in [0.29, 0.717) is 0 Å². The summed E-state index contributed by atoms with van der Waals surface area (Å²) in [5.74, 6) is -1.09. The van der Waals surface area contributed by atoms with Crippen LogP contribution in [-0.4, -0.2) is 34.5 Å². The number of phosphoric acid groups is 1. The molecule has 1 saturated carbocycles. The Bertz CT molecular complexity index is 804. The predicted molar refractivity (Wildman–Crippen MR) is 77.0 cm³/mol. The molecule has 24 heavy (non-hydrogen) atoms. The number of fused-ring (bicyclic) bond motifs is 1. The zero-order valence-corrected chi connectivity index (χ0v) is 13.4. The van der Waals surface area contributed by atoms with Crippen molar-refractivity contribution in [2.45, 2.75) is 50.2 Å². The molecule has 4 atom stereocenters. The summed E-state index contributed by atoms with van der Waals surface area (Å²) in [6, 6.07) is 0. The first kappa shape index (κ1) is 16.2. The topological polar surface area (TPSA) is 109 Å². The van der Waals surface area contributed by atoms with E-state index in [-0.39, 0.29) is 19.1 Å². The Morgan fingerprint density at radius 1 is 1.33 bits per heavy atom. The molecule has 0 spiro atoms. The van der Waals surface area contributed by atoms with Crippen molar-refractivity contribution in [3.63, 3.8) is 0 Å². The molecule has 0 amide bonds. The van der Waals surface area contributed by atoms with Crippen LogP contribution in [0.15, 0.2) is 15.8 Å². The van der Waals surface area contributed by atoms with Crippen molar-refractivity contribution in [1.29, 1.82) is 0 Å². The van der Waals surface area contributed by atoms with E-state index in [1.54, 1.807) is 0 Å². The van der Waals surface area contributed by atoms with Crippen LogP contribution in [-0.2, 0) is 22.9 Å². The Balaban J connectivity index is 1.50. The molecule has 3 fully saturated rings. The maximum Gasteiger partial charge on any atom is 0.475 e. The number of hydrogen-bond donors (Lipinski definition) is 1. The number of rotatable bonds is 3.